The van der Waals surface area contributed by atoms with Crippen LogP contribution in [0.25, 0.3) is 11.0 Å². The van der Waals surface area contributed by atoms with E-state index in [1.807, 2.05) is 19.1 Å². The van der Waals surface area contributed by atoms with Gasteiger partial charge < -0.3 is 14.9 Å². The van der Waals surface area contributed by atoms with Crippen LogP contribution in [0.2, 0.25) is 0 Å². The van der Waals surface area contributed by atoms with Gasteiger partial charge in [0.25, 0.3) is 0 Å². The van der Waals surface area contributed by atoms with Crippen LogP contribution in [0.3, 0.4) is 0 Å². The number of ether oxygens (including phenoxy) is 1. The van der Waals surface area contributed by atoms with E-state index >= 15 is 0 Å². The van der Waals surface area contributed by atoms with Crippen LogP contribution in [0, 0.1) is 6.92 Å². The molecule has 0 fully saturated rings. The number of anilines is 1. The fraction of sp³-hybridized carbons (Fsp3) is 0.0667. The van der Waals surface area contributed by atoms with Gasteiger partial charge in [0.1, 0.15) is 22.9 Å². The molecule has 20 heavy (non-hydrogen) atoms. The minimum atomic E-state index is -0.374. The van der Waals surface area contributed by atoms with Crippen molar-refractivity contribution in [1.29, 1.82) is 0 Å². The summed E-state index contributed by atoms with van der Waals surface area (Å²) in [4.78, 5) is 15.3. The Kier molecular flexibility index (Phi) is 2.87. The first-order valence-corrected chi connectivity index (χ1v) is 6.06. The maximum Gasteiger partial charge on any atom is 0.336 e. The minimum Gasteiger partial charge on any atom is -0.456 e. The molecule has 2 N–H and O–H groups in total. The smallest absolute Gasteiger partial charge is 0.336 e. The number of benzene rings is 1. The number of nitrogen functional groups attached to an aromatic ring is 1. The number of aryl methyl sites for hydroxylation is 1. The van der Waals surface area contributed by atoms with Crippen molar-refractivity contribution in [2.75, 3.05) is 5.73 Å². The zero-order valence-electron chi connectivity index (χ0n) is 10.8. The third-order valence-electron chi connectivity index (χ3n) is 2.92. The summed E-state index contributed by atoms with van der Waals surface area (Å²) in [5.41, 5.74) is 6.51. The van der Waals surface area contributed by atoms with E-state index < -0.39 is 0 Å². The summed E-state index contributed by atoms with van der Waals surface area (Å²) in [6.07, 6.45) is 1.53. The Labute approximate surface area is 114 Å². The van der Waals surface area contributed by atoms with Crippen molar-refractivity contribution < 1.29 is 9.15 Å². The van der Waals surface area contributed by atoms with Crippen molar-refractivity contribution in [2.24, 2.45) is 0 Å². The van der Waals surface area contributed by atoms with Gasteiger partial charge in [-0.15, -0.1) is 0 Å². The maximum absolute atomic E-state index is 11.4. The van der Waals surface area contributed by atoms with Crippen LogP contribution < -0.4 is 16.1 Å². The highest BCUT2D eigenvalue weighted by molar-refractivity contribution is 5.81. The second-order valence-electron chi connectivity index (χ2n) is 4.43. The Morgan fingerprint density at radius 1 is 1.15 bits per heavy atom. The number of hydrogen-bond donors (Lipinski definition) is 1. The van der Waals surface area contributed by atoms with E-state index in [1.165, 1.54) is 12.3 Å². The SMILES string of the molecule is Cc1cc(=O)oc2cc(Oc3ccc(N)nc3)ccc12. The molecule has 0 aliphatic rings. The van der Waals surface area contributed by atoms with Crippen molar-refractivity contribution in [2.45, 2.75) is 6.92 Å². The molecular weight excluding hydrogens is 256 g/mol. The summed E-state index contributed by atoms with van der Waals surface area (Å²) in [6.45, 7) is 1.86. The van der Waals surface area contributed by atoms with Crippen molar-refractivity contribution >= 4 is 16.8 Å². The Hall–Kier alpha value is -2.82. The van der Waals surface area contributed by atoms with E-state index in [-0.39, 0.29) is 5.63 Å². The van der Waals surface area contributed by atoms with E-state index in [2.05, 4.69) is 4.98 Å². The zero-order valence-corrected chi connectivity index (χ0v) is 10.8. The lowest BCUT2D eigenvalue weighted by Gasteiger charge is -2.07. The van der Waals surface area contributed by atoms with E-state index in [4.69, 9.17) is 14.9 Å². The minimum absolute atomic E-state index is 0.374. The van der Waals surface area contributed by atoms with Gasteiger partial charge in [0.15, 0.2) is 0 Å². The largest absolute Gasteiger partial charge is 0.456 e. The number of nitrogens with two attached hydrogens (primary N) is 1. The number of nitrogens with zero attached hydrogens (tertiary/aromatic N) is 1. The molecule has 0 atom stereocenters. The second kappa shape index (κ2) is 4.70. The predicted octanol–water partition coefficient (Wildman–Crippen LogP) is 2.87. The molecule has 5 heteroatoms. The molecule has 0 unspecified atom stereocenters. The standard InChI is InChI=1S/C15H12N2O3/c1-9-6-15(18)20-13-7-10(2-4-12(9)13)19-11-3-5-14(16)17-8-11/h2-8H,1H3,(H2,16,17). The normalized spacial score (nSPS) is 10.7. The van der Waals surface area contributed by atoms with Crippen molar-refractivity contribution in [3.8, 4) is 11.5 Å². The van der Waals surface area contributed by atoms with Gasteiger partial charge in [0, 0.05) is 17.5 Å². The molecule has 0 spiro atoms. The van der Waals surface area contributed by atoms with Crippen molar-refractivity contribution in [3.63, 3.8) is 0 Å². The fourth-order valence-corrected chi connectivity index (χ4v) is 1.96. The topological polar surface area (TPSA) is 78.3 Å². The van der Waals surface area contributed by atoms with Gasteiger partial charge in [0.05, 0.1) is 6.20 Å². The van der Waals surface area contributed by atoms with Crippen LogP contribution >= 0.6 is 0 Å². The van der Waals surface area contributed by atoms with Crippen LogP contribution in [0.5, 0.6) is 11.5 Å². The molecule has 3 aromatic rings. The van der Waals surface area contributed by atoms with Crippen molar-refractivity contribution in [1.82, 2.24) is 4.98 Å². The van der Waals surface area contributed by atoms with Crippen LogP contribution in [-0.2, 0) is 0 Å². The van der Waals surface area contributed by atoms with Crippen LogP contribution in [-0.4, -0.2) is 4.98 Å². The number of hydrogen-bond acceptors (Lipinski definition) is 5. The Morgan fingerprint density at radius 2 is 1.95 bits per heavy atom. The lowest BCUT2D eigenvalue weighted by molar-refractivity contribution is 0.478. The molecule has 2 aromatic heterocycles. The Morgan fingerprint density at radius 3 is 2.70 bits per heavy atom. The summed E-state index contributed by atoms with van der Waals surface area (Å²) in [6, 6.07) is 10.2. The quantitative estimate of drug-likeness (QED) is 0.723. The summed E-state index contributed by atoms with van der Waals surface area (Å²) >= 11 is 0. The van der Waals surface area contributed by atoms with Gasteiger partial charge in [-0.1, -0.05) is 0 Å². The molecule has 5 nitrogen and oxygen atoms in total. The molecular formula is C15H12N2O3. The highest BCUT2D eigenvalue weighted by Crippen LogP contribution is 2.26. The average molecular weight is 268 g/mol. The van der Waals surface area contributed by atoms with Gasteiger partial charge in [0.2, 0.25) is 0 Å². The van der Waals surface area contributed by atoms with Crippen molar-refractivity contribution in [3.05, 3.63) is 58.6 Å². The van der Waals surface area contributed by atoms with E-state index in [0.29, 0.717) is 22.9 Å². The fourth-order valence-electron chi connectivity index (χ4n) is 1.96. The molecule has 0 bridgehead atoms. The summed E-state index contributed by atoms with van der Waals surface area (Å²) < 4.78 is 10.8. The molecule has 0 amide bonds. The Balaban J connectivity index is 2.00. The predicted molar refractivity (Wildman–Crippen MR) is 75.9 cm³/mol. The van der Waals surface area contributed by atoms with E-state index in [1.54, 1.807) is 18.2 Å². The third-order valence-corrected chi connectivity index (χ3v) is 2.92. The van der Waals surface area contributed by atoms with Crippen LogP contribution in [0.4, 0.5) is 5.82 Å². The van der Waals surface area contributed by atoms with Gasteiger partial charge in [-0.2, -0.15) is 0 Å². The molecule has 1 aromatic carbocycles. The first-order chi connectivity index (χ1) is 9.61. The zero-order chi connectivity index (χ0) is 14.1. The maximum atomic E-state index is 11.4. The average Bonchev–Trinajstić information content (AvgIpc) is 2.41. The number of aromatic nitrogens is 1. The first kappa shape index (κ1) is 12.2. The van der Waals surface area contributed by atoms with Crippen LogP contribution in [0.1, 0.15) is 5.56 Å². The third kappa shape index (κ3) is 2.33. The van der Waals surface area contributed by atoms with E-state index in [0.717, 1.165) is 10.9 Å². The molecule has 0 saturated heterocycles. The summed E-state index contributed by atoms with van der Waals surface area (Å²) in [5, 5.41) is 0.882. The Bertz CT molecular complexity index is 823. The molecule has 0 saturated carbocycles. The second-order valence-corrected chi connectivity index (χ2v) is 4.43. The highest BCUT2D eigenvalue weighted by Gasteiger charge is 2.05. The molecule has 3 rings (SSSR count). The molecule has 0 aliphatic heterocycles. The number of pyridine rings is 1. The van der Waals surface area contributed by atoms with Gasteiger partial charge >= 0.3 is 5.63 Å². The lowest BCUT2D eigenvalue weighted by atomic mass is 10.1. The molecule has 100 valence electrons. The van der Waals surface area contributed by atoms with Gasteiger partial charge in [-0.3, -0.25) is 0 Å². The monoisotopic (exact) mass is 268 g/mol. The summed E-state index contributed by atoms with van der Waals surface area (Å²) in [7, 11) is 0. The summed E-state index contributed by atoms with van der Waals surface area (Å²) in [5.74, 6) is 1.56. The molecule has 0 radical (unpaired) electrons. The molecule has 0 aliphatic carbocycles. The van der Waals surface area contributed by atoms with Gasteiger partial charge in [-0.05, 0) is 36.8 Å². The van der Waals surface area contributed by atoms with E-state index in [9.17, 15) is 4.79 Å². The lowest BCUT2D eigenvalue weighted by Crippen LogP contribution is -1.97. The number of fused-ring (bicyclic) bond motifs is 1. The highest BCUT2D eigenvalue weighted by atomic mass is 16.5. The molecule has 2 heterocycles. The first-order valence-electron chi connectivity index (χ1n) is 6.06. The number of rotatable bonds is 2. The van der Waals surface area contributed by atoms with Crippen LogP contribution in [0.15, 0.2) is 51.8 Å². The van der Waals surface area contributed by atoms with Gasteiger partial charge in [-0.25, -0.2) is 9.78 Å².